The molecule has 8 nitrogen and oxygen atoms in total. The van der Waals surface area contributed by atoms with Crippen LogP contribution >= 0.6 is 0 Å². The highest BCUT2D eigenvalue weighted by Gasteiger charge is 2.31. The van der Waals surface area contributed by atoms with E-state index >= 15 is 0 Å². The van der Waals surface area contributed by atoms with Crippen LogP contribution in [0.3, 0.4) is 0 Å². The van der Waals surface area contributed by atoms with Gasteiger partial charge in [-0.05, 0) is 68.2 Å². The number of hydrogen-bond donors (Lipinski definition) is 3. The number of urea groups is 1. The van der Waals surface area contributed by atoms with E-state index < -0.39 is 17.9 Å². The predicted octanol–water partition coefficient (Wildman–Crippen LogP) is 7.51. The van der Waals surface area contributed by atoms with Crippen LogP contribution in [0.2, 0.25) is 0 Å². The maximum atomic E-state index is 12.7. The number of aryl methyl sites for hydroxylation is 1. The topological polar surface area (TPSA) is 95.4 Å². The highest BCUT2D eigenvalue weighted by molar-refractivity contribution is 5.95. The van der Waals surface area contributed by atoms with Crippen LogP contribution < -0.4 is 10.6 Å². The number of allylic oxidation sites excluding steroid dienone is 8. The van der Waals surface area contributed by atoms with Crippen molar-refractivity contribution in [1.82, 2.24) is 10.2 Å². The number of benzene rings is 1. The van der Waals surface area contributed by atoms with E-state index in [9.17, 15) is 23.1 Å². The summed E-state index contributed by atoms with van der Waals surface area (Å²) in [5, 5.41) is 14.4. The largest absolute Gasteiger partial charge is 0.496 e. The number of nitrogens with one attached hydrogen (secondary N) is 2. The van der Waals surface area contributed by atoms with Gasteiger partial charge in [0.05, 0.1) is 37.5 Å². The Bertz CT molecular complexity index is 1230. The van der Waals surface area contributed by atoms with Crippen LogP contribution in [0, 0.1) is 6.92 Å². The lowest BCUT2D eigenvalue weighted by Gasteiger charge is -2.30. The zero-order valence-electron chi connectivity index (χ0n) is 26.7. The maximum Gasteiger partial charge on any atom is 0.432 e. The Kier molecular flexibility index (Phi) is 17.5. The Morgan fingerprint density at radius 3 is 2.43 bits per heavy atom. The zero-order chi connectivity index (χ0) is 33.1. The monoisotopic (exact) mass is 620 g/mol. The van der Waals surface area contributed by atoms with Crippen molar-refractivity contribution in [3.63, 3.8) is 0 Å². The predicted molar refractivity (Wildman–Crippen MR) is 172 cm³/mol. The number of carbonyl (C=O) groups is 1. The van der Waals surface area contributed by atoms with Crippen LogP contribution in [0.4, 0.5) is 23.7 Å². The van der Waals surface area contributed by atoms with Gasteiger partial charge in [-0.2, -0.15) is 13.2 Å². The lowest BCUT2D eigenvalue weighted by Crippen LogP contribution is -2.35. The molecule has 1 aliphatic rings. The molecule has 3 N–H and O–H groups in total. The summed E-state index contributed by atoms with van der Waals surface area (Å²) in [6.45, 7) is 17.3. The van der Waals surface area contributed by atoms with Crippen molar-refractivity contribution in [2.45, 2.75) is 60.6 Å². The Balaban J connectivity index is 0.00000309. The van der Waals surface area contributed by atoms with Crippen molar-refractivity contribution in [3.8, 4) is 0 Å². The third-order valence-corrected chi connectivity index (χ3v) is 5.93. The van der Waals surface area contributed by atoms with E-state index in [2.05, 4.69) is 60.0 Å². The van der Waals surface area contributed by atoms with E-state index in [-0.39, 0.29) is 18.9 Å². The molecule has 1 aromatic carbocycles. The molecular formula is C33H47F3N4O4. The lowest BCUT2D eigenvalue weighted by atomic mass is 9.97. The van der Waals surface area contributed by atoms with Gasteiger partial charge in [-0.3, -0.25) is 4.99 Å². The first-order valence-corrected chi connectivity index (χ1v) is 14.7. The van der Waals surface area contributed by atoms with Crippen LogP contribution in [0.15, 0.2) is 76.9 Å². The molecule has 244 valence electrons. The standard InChI is InChI=1S/C30H39F3N4O4.C3H8/c1-6-8-27(37-11-14-40-15-12-37)18-24(17-22(4)41-16-13-38)28-19-26(10-9-21(28)3)36-29(39)35-25(7-2)20-34-23(5)30(31,32)33;1-3-2/h7-10,17-20,38H,5-6,11-16H2,1-4H3,(H2,35,36,39);3H2,1-2H3/b22-17+,24-18+,25-7+,27-8-,34-20?;. The molecule has 1 aliphatic heterocycles. The highest BCUT2D eigenvalue weighted by Crippen LogP contribution is 2.28. The number of aliphatic hydroxyl groups is 1. The average Bonchev–Trinajstić information content (AvgIpc) is 2.98. The fraction of sp³-hybridized carbons (Fsp3) is 0.455. The van der Waals surface area contributed by atoms with Crippen LogP contribution in [0.1, 0.15) is 58.6 Å². The van der Waals surface area contributed by atoms with E-state index in [1.54, 1.807) is 19.9 Å². The number of amides is 2. The second-order valence-corrected chi connectivity index (χ2v) is 9.83. The van der Waals surface area contributed by atoms with Gasteiger partial charge in [0.1, 0.15) is 12.3 Å². The van der Waals surface area contributed by atoms with Crippen LogP contribution in [0.25, 0.3) is 5.57 Å². The number of halogens is 3. The highest BCUT2D eigenvalue weighted by atomic mass is 19.4. The molecule has 0 radical (unpaired) electrons. The number of ether oxygens (including phenoxy) is 2. The van der Waals surface area contributed by atoms with Gasteiger partial charge in [0.15, 0.2) is 0 Å². The molecule has 11 heteroatoms. The van der Waals surface area contributed by atoms with Gasteiger partial charge in [-0.1, -0.05) is 52.0 Å². The first-order valence-electron chi connectivity index (χ1n) is 14.7. The molecule has 0 bridgehead atoms. The Hall–Kier alpha value is -3.83. The van der Waals surface area contributed by atoms with E-state index in [0.717, 1.165) is 48.1 Å². The zero-order valence-corrected chi connectivity index (χ0v) is 26.7. The molecule has 0 unspecified atom stereocenters. The van der Waals surface area contributed by atoms with E-state index in [1.807, 2.05) is 25.1 Å². The van der Waals surface area contributed by atoms with Crippen molar-refractivity contribution in [3.05, 3.63) is 83.1 Å². The third-order valence-electron chi connectivity index (χ3n) is 5.93. The number of hydrogen-bond acceptors (Lipinski definition) is 6. The summed E-state index contributed by atoms with van der Waals surface area (Å²) in [5.74, 6) is 0.607. The van der Waals surface area contributed by atoms with Gasteiger partial charge in [-0.25, -0.2) is 4.79 Å². The van der Waals surface area contributed by atoms with Crippen molar-refractivity contribution in [1.29, 1.82) is 0 Å². The van der Waals surface area contributed by atoms with E-state index in [0.29, 0.717) is 24.7 Å². The summed E-state index contributed by atoms with van der Waals surface area (Å²) in [6.07, 6.45) is 5.81. The van der Waals surface area contributed by atoms with Crippen LogP contribution in [0.5, 0.6) is 0 Å². The Morgan fingerprint density at radius 2 is 1.86 bits per heavy atom. The van der Waals surface area contributed by atoms with E-state index in [1.165, 1.54) is 12.5 Å². The quantitative estimate of drug-likeness (QED) is 0.128. The smallest absolute Gasteiger partial charge is 0.432 e. The summed E-state index contributed by atoms with van der Waals surface area (Å²) in [6, 6.07) is 4.75. The van der Waals surface area contributed by atoms with Crippen molar-refractivity contribution in [2.24, 2.45) is 4.99 Å². The SMILES string of the molecule is C=C(N=C/C(=C\C)NC(=O)Nc1ccc(C)c(C(/C=C(\C)OCCO)=C/C(=C/CC)N2CCOCC2)c1)C(F)(F)F.CCC. The fourth-order valence-electron chi connectivity index (χ4n) is 3.84. The molecule has 1 heterocycles. The molecule has 0 saturated carbocycles. The molecule has 0 aromatic heterocycles. The number of rotatable bonds is 12. The number of aliphatic imine (C=N–C) groups is 1. The minimum Gasteiger partial charge on any atom is -0.496 e. The summed E-state index contributed by atoms with van der Waals surface area (Å²) >= 11 is 0. The minimum absolute atomic E-state index is 0.0697. The summed E-state index contributed by atoms with van der Waals surface area (Å²) in [4.78, 5) is 18.2. The first kappa shape index (κ1) is 38.2. The number of anilines is 1. The molecule has 0 atom stereocenters. The molecule has 2 rings (SSSR count). The van der Waals surface area contributed by atoms with Crippen LogP contribution in [-0.4, -0.2) is 67.9 Å². The molecule has 1 aromatic rings. The second kappa shape index (κ2) is 20.2. The van der Waals surface area contributed by atoms with Gasteiger partial charge in [0, 0.05) is 24.5 Å². The van der Waals surface area contributed by atoms with Crippen molar-refractivity contribution in [2.75, 3.05) is 44.8 Å². The number of morpholine rings is 1. The number of alkyl halides is 3. The number of aliphatic hydroxyl groups excluding tert-OH is 1. The molecule has 0 aliphatic carbocycles. The Labute approximate surface area is 259 Å². The normalized spacial score (nSPS) is 15.1. The first-order chi connectivity index (χ1) is 20.9. The van der Waals surface area contributed by atoms with Crippen molar-refractivity contribution >= 4 is 23.5 Å². The van der Waals surface area contributed by atoms with E-state index in [4.69, 9.17) is 9.47 Å². The Morgan fingerprint density at radius 1 is 1.20 bits per heavy atom. The molecule has 2 amide bonds. The van der Waals surface area contributed by atoms with Gasteiger partial charge >= 0.3 is 12.2 Å². The van der Waals surface area contributed by atoms with Gasteiger partial charge in [0.2, 0.25) is 0 Å². The number of carbonyl (C=O) groups excluding carboxylic acids is 1. The average molecular weight is 621 g/mol. The third kappa shape index (κ3) is 14.1. The molecule has 44 heavy (non-hydrogen) atoms. The fourth-order valence-corrected chi connectivity index (χ4v) is 3.84. The molecule has 1 fully saturated rings. The molecular weight excluding hydrogens is 573 g/mol. The summed E-state index contributed by atoms with van der Waals surface area (Å²) < 4.78 is 49.2. The maximum absolute atomic E-state index is 12.7. The lowest BCUT2D eigenvalue weighted by molar-refractivity contribution is -0.0918. The van der Waals surface area contributed by atoms with Gasteiger partial charge < -0.3 is 30.1 Å². The van der Waals surface area contributed by atoms with Crippen molar-refractivity contribution < 1.29 is 32.5 Å². The summed E-state index contributed by atoms with van der Waals surface area (Å²) in [7, 11) is 0. The molecule has 0 spiro atoms. The van der Waals surface area contributed by atoms with Crippen LogP contribution in [-0.2, 0) is 9.47 Å². The van der Waals surface area contributed by atoms with Gasteiger partial charge in [-0.15, -0.1) is 0 Å². The second-order valence-electron chi connectivity index (χ2n) is 9.83. The molecule has 1 saturated heterocycles. The van der Waals surface area contributed by atoms with Gasteiger partial charge in [0.25, 0.3) is 0 Å². The minimum atomic E-state index is -4.66. The number of nitrogens with zero attached hydrogens (tertiary/aromatic N) is 2. The summed E-state index contributed by atoms with van der Waals surface area (Å²) in [5.41, 5.74) is 2.90.